The van der Waals surface area contributed by atoms with Gasteiger partial charge in [0, 0.05) is 37.9 Å². The third kappa shape index (κ3) is 3.33. The summed E-state index contributed by atoms with van der Waals surface area (Å²) in [4.78, 5) is 10.7. The molecule has 0 saturated carbocycles. The molecule has 8 aromatic carbocycles. The van der Waals surface area contributed by atoms with Crippen LogP contribution < -0.4 is 0 Å². The molecule has 3 aromatic heterocycles. The molecular formula is C44H25N3O. The van der Waals surface area contributed by atoms with Crippen LogP contribution in [0.2, 0.25) is 0 Å². The fourth-order valence-electron chi connectivity index (χ4n) is 7.99. The van der Waals surface area contributed by atoms with Crippen LogP contribution >= 0.6 is 0 Å². The number of hydrogen-bond acceptors (Lipinski definition) is 3. The summed E-state index contributed by atoms with van der Waals surface area (Å²) < 4.78 is 9.30. The maximum atomic E-state index is 6.99. The molecular weight excluding hydrogens is 587 g/mol. The lowest BCUT2D eigenvalue weighted by molar-refractivity contribution is 0.671. The fourth-order valence-corrected chi connectivity index (χ4v) is 7.99. The normalized spacial score (nSPS) is 12.2. The number of hydrogen-bond donors (Lipinski definition) is 0. The number of aromatic nitrogens is 3. The van der Waals surface area contributed by atoms with Crippen molar-refractivity contribution in [2.75, 3.05) is 0 Å². The third-order valence-electron chi connectivity index (χ3n) is 9.93. The van der Waals surface area contributed by atoms with Crippen LogP contribution in [0.3, 0.4) is 0 Å². The molecule has 3 heterocycles. The van der Waals surface area contributed by atoms with Gasteiger partial charge >= 0.3 is 0 Å². The highest BCUT2D eigenvalue weighted by Crippen LogP contribution is 2.50. The lowest BCUT2D eigenvalue weighted by atomic mass is 9.89. The molecule has 0 spiro atoms. The second-order valence-corrected chi connectivity index (χ2v) is 12.5. The van der Waals surface area contributed by atoms with E-state index < -0.39 is 0 Å². The molecule has 222 valence electrons. The Hall–Kier alpha value is -6.52. The molecule has 11 aromatic rings. The Morgan fingerprint density at radius 3 is 1.69 bits per heavy atom. The molecule has 0 bridgehead atoms. The van der Waals surface area contributed by atoms with Gasteiger partial charge in [0.15, 0.2) is 11.4 Å². The molecule has 48 heavy (non-hydrogen) atoms. The van der Waals surface area contributed by atoms with Crippen LogP contribution in [0.25, 0.3) is 104 Å². The number of benzene rings is 8. The predicted octanol–water partition coefficient (Wildman–Crippen LogP) is 11.8. The molecule has 11 rings (SSSR count). The number of rotatable bonds is 2. The Balaban J connectivity index is 1.49. The van der Waals surface area contributed by atoms with Gasteiger partial charge in [0.1, 0.15) is 11.3 Å². The first-order valence-corrected chi connectivity index (χ1v) is 16.3. The summed E-state index contributed by atoms with van der Waals surface area (Å²) in [6.07, 6.45) is 0. The smallest absolute Gasteiger partial charge is 0.165 e. The van der Waals surface area contributed by atoms with Crippen molar-refractivity contribution < 1.29 is 4.42 Å². The van der Waals surface area contributed by atoms with Crippen molar-refractivity contribution >= 4 is 87.1 Å². The van der Waals surface area contributed by atoms with E-state index in [1.54, 1.807) is 0 Å². The van der Waals surface area contributed by atoms with Gasteiger partial charge in [-0.05, 0) is 45.8 Å². The Kier molecular flexibility index (Phi) is 5.08. The van der Waals surface area contributed by atoms with Crippen LogP contribution in [0.4, 0.5) is 0 Å². The van der Waals surface area contributed by atoms with Crippen molar-refractivity contribution in [3.05, 3.63) is 152 Å². The van der Waals surface area contributed by atoms with Crippen LogP contribution in [-0.4, -0.2) is 14.5 Å². The van der Waals surface area contributed by atoms with Crippen LogP contribution in [0.15, 0.2) is 156 Å². The summed E-state index contributed by atoms with van der Waals surface area (Å²) in [5.41, 5.74) is 7.30. The molecule has 0 radical (unpaired) electrons. The van der Waals surface area contributed by atoms with Crippen LogP contribution in [0.5, 0.6) is 0 Å². The van der Waals surface area contributed by atoms with E-state index in [2.05, 4.69) is 126 Å². The minimum absolute atomic E-state index is 0.775. The van der Waals surface area contributed by atoms with Gasteiger partial charge in [0.05, 0.1) is 22.1 Å². The molecule has 0 aliphatic carbocycles. The van der Waals surface area contributed by atoms with E-state index in [4.69, 9.17) is 14.4 Å². The fraction of sp³-hybridized carbons (Fsp3) is 0. The van der Waals surface area contributed by atoms with Crippen LogP contribution in [0, 0.1) is 0 Å². The highest BCUT2D eigenvalue weighted by Gasteiger charge is 2.27. The maximum Gasteiger partial charge on any atom is 0.165 e. The lowest BCUT2D eigenvalue weighted by Crippen LogP contribution is -2.04. The van der Waals surface area contributed by atoms with Gasteiger partial charge in [-0.15, -0.1) is 0 Å². The number of fused-ring (bicyclic) bond motifs is 16. The standard InChI is InChI=1S/C44H25N3O/c1-2-14-26(15-3-1)41-44(46-34-23-11-10-22-33(34)45-41)47-35-24-12-8-20-31(35)39-37-29-18-6-4-16-27(29)28-17-5-7-19-30(28)38(37)40-32-21-9-13-25-36(32)48-43(40)42(39)47/h1-25H. The Labute approximate surface area is 274 Å². The first-order valence-electron chi connectivity index (χ1n) is 16.3. The average Bonchev–Trinajstić information content (AvgIpc) is 3.71. The maximum absolute atomic E-state index is 6.99. The van der Waals surface area contributed by atoms with E-state index in [0.29, 0.717) is 0 Å². The van der Waals surface area contributed by atoms with Crippen LogP contribution in [-0.2, 0) is 0 Å². The molecule has 4 nitrogen and oxygen atoms in total. The summed E-state index contributed by atoms with van der Waals surface area (Å²) in [7, 11) is 0. The molecule has 4 heteroatoms. The summed E-state index contributed by atoms with van der Waals surface area (Å²) in [5.74, 6) is 0.775. The van der Waals surface area contributed by atoms with Crippen molar-refractivity contribution in [3.8, 4) is 17.1 Å². The molecule has 0 atom stereocenters. The van der Waals surface area contributed by atoms with Gasteiger partial charge in [-0.1, -0.05) is 127 Å². The average molecular weight is 612 g/mol. The topological polar surface area (TPSA) is 43.9 Å². The zero-order chi connectivity index (χ0) is 31.3. The van der Waals surface area contributed by atoms with Gasteiger partial charge in [-0.25, -0.2) is 9.97 Å². The molecule has 0 fully saturated rings. The quantitative estimate of drug-likeness (QED) is 0.183. The van der Waals surface area contributed by atoms with Gasteiger partial charge < -0.3 is 4.42 Å². The van der Waals surface area contributed by atoms with Gasteiger partial charge in [0.25, 0.3) is 0 Å². The van der Waals surface area contributed by atoms with Crippen LogP contribution in [0.1, 0.15) is 0 Å². The number of nitrogens with zero attached hydrogens (tertiary/aromatic N) is 3. The van der Waals surface area contributed by atoms with E-state index >= 15 is 0 Å². The Morgan fingerprint density at radius 2 is 0.958 bits per heavy atom. The Morgan fingerprint density at radius 1 is 0.417 bits per heavy atom. The summed E-state index contributed by atoms with van der Waals surface area (Å²) in [6, 6.07) is 53.2. The third-order valence-corrected chi connectivity index (χ3v) is 9.93. The second-order valence-electron chi connectivity index (χ2n) is 12.5. The predicted molar refractivity (Wildman–Crippen MR) is 199 cm³/mol. The summed E-state index contributed by atoms with van der Waals surface area (Å²) >= 11 is 0. The molecule has 0 unspecified atom stereocenters. The highest BCUT2D eigenvalue weighted by molar-refractivity contribution is 6.44. The Bertz CT molecular complexity index is 3120. The van der Waals surface area contributed by atoms with Crippen molar-refractivity contribution in [1.29, 1.82) is 0 Å². The monoisotopic (exact) mass is 611 g/mol. The number of para-hydroxylation sites is 4. The van der Waals surface area contributed by atoms with Crippen molar-refractivity contribution in [3.63, 3.8) is 0 Å². The zero-order valence-corrected chi connectivity index (χ0v) is 25.7. The second kappa shape index (κ2) is 9.50. The molecule has 0 saturated heterocycles. The minimum atomic E-state index is 0.775. The van der Waals surface area contributed by atoms with Crippen molar-refractivity contribution in [2.45, 2.75) is 0 Å². The first kappa shape index (κ1) is 25.6. The van der Waals surface area contributed by atoms with Crippen molar-refractivity contribution in [1.82, 2.24) is 14.5 Å². The lowest BCUT2D eigenvalue weighted by Gasteiger charge is -2.15. The highest BCUT2D eigenvalue weighted by atomic mass is 16.3. The minimum Gasteiger partial charge on any atom is -0.454 e. The van der Waals surface area contributed by atoms with Gasteiger partial charge in [-0.3, -0.25) is 4.57 Å². The summed E-state index contributed by atoms with van der Waals surface area (Å²) in [6.45, 7) is 0. The van der Waals surface area contributed by atoms with E-state index in [-0.39, 0.29) is 0 Å². The molecule has 0 amide bonds. The largest absolute Gasteiger partial charge is 0.454 e. The number of furan rings is 1. The zero-order valence-electron chi connectivity index (χ0n) is 25.7. The van der Waals surface area contributed by atoms with E-state index in [9.17, 15) is 0 Å². The summed E-state index contributed by atoms with van der Waals surface area (Å²) in [5, 5.41) is 11.9. The first-order chi connectivity index (χ1) is 23.8. The molecule has 0 aliphatic rings. The van der Waals surface area contributed by atoms with E-state index in [1.807, 2.05) is 30.3 Å². The van der Waals surface area contributed by atoms with E-state index in [1.165, 1.54) is 32.3 Å². The van der Waals surface area contributed by atoms with Crippen molar-refractivity contribution in [2.24, 2.45) is 0 Å². The SMILES string of the molecule is c1ccc(-c2nc3ccccc3nc2-n2c3ccccc3c3c4c5ccccc5c5ccccc5c4c4c5ccccc5oc4c32)cc1. The van der Waals surface area contributed by atoms with E-state index in [0.717, 1.165) is 71.9 Å². The molecule has 0 aliphatic heterocycles. The van der Waals surface area contributed by atoms with Gasteiger partial charge in [0.2, 0.25) is 0 Å². The van der Waals surface area contributed by atoms with Gasteiger partial charge in [-0.2, -0.15) is 0 Å². The molecule has 0 N–H and O–H groups in total.